The van der Waals surface area contributed by atoms with Crippen LogP contribution in [-0.4, -0.2) is 67.4 Å². The van der Waals surface area contributed by atoms with Crippen molar-refractivity contribution in [3.63, 3.8) is 0 Å². The molecule has 1 aliphatic rings. The highest BCUT2D eigenvalue weighted by Gasteiger charge is 2.42. The first-order chi connectivity index (χ1) is 11.3. The second-order valence-corrected chi connectivity index (χ2v) is 5.23. The fourth-order valence-corrected chi connectivity index (χ4v) is 2.25. The minimum absolute atomic E-state index is 0.00330. The minimum Gasteiger partial charge on any atom is -0.489 e. The second kappa shape index (κ2) is 9.02. The summed E-state index contributed by atoms with van der Waals surface area (Å²) in [4.78, 5) is 48.4. The molecule has 4 amide bonds. The molecule has 2 atom stereocenters. The summed E-state index contributed by atoms with van der Waals surface area (Å²) in [7, 11) is 1.59. The average molecular weight is 340 g/mol. The zero-order valence-electron chi connectivity index (χ0n) is 14.2. The van der Waals surface area contributed by atoms with Crippen LogP contribution < -0.4 is 16.0 Å². The first kappa shape index (κ1) is 19.6. The van der Waals surface area contributed by atoms with Gasteiger partial charge in [-0.1, -0.05) is 6.58 Å². The van der Waals surface area contributed by atoms with Crippen molar-refractivity contribution >= 4 is 23.6 Å². The molecule has 9 heteroatoms. The van der Waals surface area contributed by atoms with Crippen molar-refractivity contribution in [1.29, 1.82) is 0 Å². The highest BCUT2D eigenvalue weighted by Crippen LogP contribution is 2.16. The quantitative estimate of drug-likeness (QED) is 0.204. The lowest BCUT2D eigenvalue weighted by atomic mass is 10.2. The van der Waals surface area contributed by atoms with Crippen molar-refractivity contribution in [2.24, 2.45) is 0 Å². The number of nitrogens with zero attached hydrogens (tertiary/aromatic N) is 1. The molecule has 2 unspecified atom stereocenters. The van der Waals surface area contributed by atoms with Gasteiger partial charge in [-0.25, -0.2) is 0 Å². The smallest absolute Gasteiger partial charge is 0.285 e. The molecular weight excluding hydrogens is 316 g/mol. The Morgan fingerprint density at radius 3 is 2.50 bits per heavy atom. The number of hydrogen-bond donors (Lipinski definition) is 3. The highest BCUT2D eigenvalue weighted by atomic mass is 16.5. The first-order valence-electron chi connectivity index (χ1n) is 7.74. The van der Waals surface area contributed by atoms with Crippen LogP contribution in [0.15, 0.2) is 12.3 Å². The molecule has 24 heavy (non-hydrogen) atoms. The van der Waals surface area contributed by atoms with Crippen LogP contribution in [0.3, 0.4) is 0 Å². The molecule has 0 saturated carbocycles. The molecular formula is C15H24N4O5. The van der Waals surface area contributed by atoms with Crippen molar-refractivity contribution < 1.29 is 23.9 Å². The van der Waals surface area contributed by atoms with Gasteiger partial charge in [0.15, 0.2) is 5.76 Å². The summed E-state index contributed by atoms with van der Waals surface area (Å²) in [6, 6.07) is -1.49. The van der Waals surface area contributed by atoms with Crippen molar-refractivity contribution in [2.45, 2.75) is 32.4 Å². The predicted octanol–water partition coefficient (Wildman–Crippen LogP) is -1.50. The SMILES string of the molecule is C=C(OCC)C(=O)NCCNC(=O)C(C)N1C(=O)CC(NC)C1=O. The Kier molecular flexibility index (Phi) is 7.37. The largest absolute Gasteiger partial charge is 0.489 e. The van der Waals surface area contributed by atoms with E-state index in [-0.39, 0.29) is 31.2 Å². The first-order valence-corrected chi connectivity index (χ1v) is 7.74. The number of likely N-dealkylation sites (tertiary alicyclic amines) is 1. The molecule has 0 radical (unpaired) electrons. The monoisotopic (exact) mass is 340 g/mol. The van der Waals surface area contributed by atoms with Gasteiger partial charge in [-0.05, 0) is 20.9 Å². The fraction of sp³-hybridized carbons (Fsp3) is 0.600. The lowest BCUT2D eigenvalue weighted by molar-refractivity contribution is -0.146. The van der Waals surface area contributed by atoms with Gasteiger partial charge in [0.2, 0.25) is 17.7 Å². The van der Waals surface area contributed by atoms with Gasteiger partial charge in [0, 0.05) is 13.1 Å². The van der Waals surface area contributed by atoms with Gasteiger partial charge in [-0.15, -0.1) is 0 Å². The van der Waals surface area contributed by atoms with Crippen LogP contribution in [0.1, 0.15) is 20.3 Å². The molecule has 0 aromatic heterocycles. The summed E-state index contributed by atoms with van der Waals surface area (Å²) in [5.74, 6) is -1.72. The third kappa shape index (κ3) is 4.79. The molecule has 0 spiro atoms. The number of rotatable bonds is 9. The van der Waals surface area contributed by atoms with Gasteiger partial charge < -0.3 is 20.7 Å². The van der Waals surface area contributed by atoms with Crippen LogP contribution in [-0.2, 0) is 23.9 Å². The number of amides is 4. The van der Waals surface area contributed by atoms with Gasteiger partial charge in [-0.2, -0.15) is 0 Å². The maximum absolute atomic E-state index is 12.1. The van der Waals surface area contributed by atoms with E-state index in [0.29, 0.717) is 6.61 Å². The van der Waals surface area contributed by atoms with Crippen LogP contribution >= 0.6 is 0 Å². The summed E-state index contributed by atoms with van der Waals surface area (Å²) in [5.41, 5.74) is 0. The normalized spacial score (nSPS) is 18.3. The Balaban J connectivity index is 2.40. The Bertz CT molecular complexity index is 534. The number of nitrogens with one attached hydrogen (secondary N) is 3. The van der Waals surface area contributed by atoms with Crippen LogP contribution in [0.5, 0.6) is 0 Å². The van der Waals surface area contributed by atoms with E-state index in [1.807, 2.05) is 0 Å². The summed E-state index contributed by atoms with van der Waals surface area (Å²) < 4.78 is 4.95. The van der Waals surface area contributed by atoms with Gasteiger partial charge in [0.1, 0.15) is 6.04 Å². The van der Waals surface area contributed by atoms with E-state index in [1.54, 1.807) is 14.0 Å². The Morgan fingerprint density at radius 1 is 1.33 bits per heavy atom. The lowest BCUT2D eigenvalue weighted by Gasteiger charge is -2.22. The van der Waals surface area contributed by atoms with E-state index in [9.17, 15) is 19.2 Å². The van der Waals surface area contributed by atoms with Crippen LogP contribution in [0.2, 0.25) is 0 Å². The van der Waals surface area contributed by atoms with Crippen molar-refractivity contribution in [2.75, 3.05) is 26.7 Å². The van der Waals surface area contributed by atoms with Crippen LogP contribution in [0.4, 0.5) is 0 Å². The van der Waals surface area contributed by atoms with Crippen molar-refractivity contribution in [1.82, 2.24) is 20.9 Å². The number of ether oxygens (including phenoxy) is 1. The lowest BCUT2D eigenvalue weighted by Crippen LogP contribution is -2.50. The van der Waals surface area contributed by atoms with Gasteiger partial charge >= 0.3 is 0 Å². The highest BCUT2D eigenvalue weighted by molar-refractivity contribution is 6.08. The standard InChI is InChI=1S/C15H24N4O5/c1-5-24-10(3)14(22)18-7-6-17-13(21)9(2)19-12(20)8-11(16-4)15(19)23/h9,11,16H,3,5-8H2,1-2,4H3,(H,17,21)(H,18,22). The van der Waals surface area contributed by atoms with E-state index in [0.717, 1.165) is 4.90 Å². The molecule has 0 aromatic rings. The molecule has 1 aliphatic heterocycles. The van der Waals surface area contributed by atoms with Gasteiger partial charge in [0.05, 0.1) is 19.1 Å². The van der Waals surface area contributed by atoms with E-state index in [1.165, 1.54) is 6.92 Å². The Morgan fingerprint density at radius 2 is 1.96 bits per heavy atom. The minimum atomic E-state index is -0.905. The zero-order valence-corrected chi connectivity index (χ0v) is 14.2. The molecule has 0 aliphatic carbocycles. The molecule has 1 fully saturated rings. The fourth-order valence-electron chi connectivity index (χ4n) is 2.25. The summed E-state index contributed by atoms with van der Waals surface area (Å²) in [6.45, 7) is 7.35. The molecule has 134 valence electrons. The maximum atomic E-state index is 12.1. The molecule has 1 saturated heterocycles. The number of likely N-dealkylation sites (N-methyl/N-ethyl adjacent to an activating group) is 1. The number of hydrogen-bond acceptors (Lipinski definition) is 6. The molecule has 0 aromatic carbocycles. The van der Waals surface area contributed by atoms with E-state index < -0.39 is 29.8 Å². The Hall–Kier alpha value is -2.42. The molecule has 0 bridgehead atoms. The third-order valence-corrected chi connectivity index (χ3v) is 3.58. The van der Waals surface area contributed by atoms with Crippen LogP contribution in [0, 0.1) is 0 Å². The van der Waals surface area contributed by atoms with E-state index in [4.69, 9.17) is 4.74 Å². The predicted molar refractivity (Wildman–Crippen MR) is 85.6 cm³/mol. The molecule has 1 heterocycles. The maximum Gasteiger partial charge on any atom is 0.285 e. The number of imide groups is 1. The summed E-state index contributed by atoms with van der Waals surface area (Å²) >= 11 is 0. The van der Waals surface area contributed by atoms with Gasteiger partial charge in [0.25, 0.3) is 5.91 Å². The van der Waals surface area contributed by atoms with E-state index in [2.05, 4.69) is 22.5 Å². The zero-order chi connectivity index (χ0) is 18.3. The molecule has 1 rings (SSSR count). The average Bonchev–Trinajstić information content (AvgIpc) is 2.84. The van der Waals surface area contributed by atoms with Gasteiger partial charge in [-0.3, -0.25) is 24.1 Å². The summed E-state index contributed by atoms with van der Waals surface area (Å²) in [5, 5.41) is 7.84. The summed E-state index contributed by atoms with van der Waals surface area (Å²) in [6.07, 6.45) is 0.0442. The number of carbonyl (C=O) groups excluding carboxylic acids is 4. The van der Waals surface area contributed by atoms with Crippen molar-refractivity contribution in [3.05, 3.63) is 12.3 Å². The van der Waals surface area contributed by atoms with Crippen molar-refractivity contribution in [3.8, 4) is 0 Å². The topological polar surface area (TPSA) is 117 Å². The second-order valence-electron chi connectivity index (χ2n) is 5.23. The third-order valence-electron chi connectivity index (χ3n) is 3.58. The van der Waals surface area contributed by atoms with Crippen LogP contribution in [0.25, 0.3) is 0 Å². The Labute approximate surface area is 140 Å². The molecule has 3 N–H and O–H groups in total. The number of carbonyl (C=O) groups is 4. The molecule has 9 nitrogen and oxygen atoms in total. The van der Waals surface area contributed by atoms with E-state index >= 15 is 0 Å².